The van der Waals surface area contributed by atoms with E-state index in [1.54, 1.807) is 0 Å². The van der Waals surface area contributed by atoms with Crippen LogP contribution in [0.2, 0.25) is 0 Å². The minimum absolute atomic E-state index is 0.00989. The number of likely N-dealkylation sites (N-methyl/N-ethyl adjacent to an activating group) is 1. The molecule has 1 saturated carbocycles. The SMILES string of the molecule is CCCCN(CC)C(=O)NC1CC(N(CC)CC(=O)O)C1. The topological polar surface area (TPSA) is 72.9 Å². The first-order chi connectivity index (χ1) is 10.0. The largest absolute Gasteiger partial charge is 0.480 e. The molecular formula is C15H29N3O3. The Hall–Kier alpha value is -1.30. The number of hydrogen-bond acceptors (Lipinski definition) is 3. The second-order valence-corrected chi connectivity index (χ2v) is 5.66. The molecule has 0 bridgehead atoms. The molecule has 2 N–H and O–H groups in total. The Morgan fingerprint density at radius 3 is 2.33 bits per heavy atom. The summed E-state index contributed by atoms with van der Waals surface area (Å²) in [7, 11) is 0. The van der Waals surface area contributed by atoms with Gasteiger partial charge in [-0.25, -0.2) is 4.79 Å². The molecule has 21 heavy (non-hydrogen) atoms. The molecule has 0 aromatic rings. The fourth-order valence-electron chi connectivity index (χ4n) is 2.69. The van der Waals surface area contributed by atoms with E-state index in [0.29, 0.717) is 0 Å². The van der Waals surface area contributed by atoms with Gasteiger partial charge in [0.25, 0.3) is 0 Å². The van der Waals surface area contributed by atoms with Crippen LogP contribution < -0.4 is 5.32 Å². The molecule has 1 rings (SSSR count). The lowest BCUT2D eigenvalue weighted by Crippen LogP contribution is -2.56. The van der Waals surface area contributed by atoms with Crippen LogP contribution in [-0.2, 0) is 4.79 Å². The number of unbranched alkanes of at least 4 members (excludes halogenated alkanes) is 1. The normalized spacial score (nSPS) is 21.0. The number of aliphatic carboxylic acids is 1. The van der Waals surface area contributed by atoms with Gasteiger partial charge in [0.2, 0.25) is 0 Å². The van der Waals surface area contributed by atoms with E-state index < -0.39 is 5.97 Å². The van der Waals surface area contributed by atoms with Crippen molar-refractivity contribution in [3.8, 4) is 0 Å². The third-order valence-corrected chi connectivity index (χ3v) is 4.15. The molecule has 1 aliphatic rings. The Balaban J connectivity index is 2.32. The molecule has 0 aromatic carbocycles. The molecule has 1 aliphatic carbocycles. The highest BCUT2D eigenvalue weighted by Crippen LogP contribution is 2.25. The van der Waals surface area contributed by atoms with Gasteiger partial charge < -0.3 is 15.3 Å². The number of urea groups is 1. The number of amides is 2. The van der Waals surface area contributed by atoms with Gasteiger partial charge in [0.05, 0.1) is 6.54 Å². The molecule has 1 fully saturated rings. The molecule has 6 nitrogen and oxygen atoms in total. The Morgan fingerprint density at radius 2 is 1.86 bits per heavy atom. The molecule has 0 unspecified atom stereocenters. The summed E-state index contributed by atoms with van der Waals surface area (Å²) in [5, 5.41) is 11.9. The lowest BCUT2D eigenvalue weighted by atomic mass is 9.85. The maximum Gasteiger partial charge on any atom is 0.317 e. The molecule has 0 aromatic heterocycles. The van der Waals surface area contributed by atoms with Crippen LogP contribution in [0.3, 0.4) is 0 Å². The van der Waals surface area contributed by atoms with Gasteiger partial charge in [-0.15, -0.1) is 0 Å². The van der Waals surface area contributed by atoms with E-state index in [4.69, 9.17) is 5.11 Å². The average molecular weight is 299 g/mol. The van der Waals surface area contributed by atoms with E-state index in [1.165, 1.54) is 0 Å². The summed E-state index contributed by atoms with van der Waals surface area (Å²) in [6, 6.07) is 0.471. The van der Waals surface area contributed by atoms with Crippen molar-refractivity contribution in [2.75, 3.05) is 26.2 Å². The minimum atomic E-state index is -0.791. The lowest BCUT2D eigenvalue weighted by molar-refractivity contribution is -0.139. The predicted octanol–water partition coefficient (Wildman–Crippen LogP) is 1.76. The summed E-state index contributed by atoms with van der Waals surface area (Å²) >= 11 is 0. The predicted molar refractivity (Wildman–Crippen MR) is 82.4 cm³/mol. The van der Waals surface area contributed by atoms with Crippen molar-refractivity contribution >= 4 is 12.0 Å². The van der Waals surface area contributed by atoms with Crippen molar-refractivity contribution in [3.63, 3.8) is 0 Å². The van der Waals surface area contributed by atoms with Crippen LogP contribution in [-0.4, -0.2) is 65.2 Å². The monoisotopic (exact) mass is 299 g/mol. The van der Waals surface area contributed by atoms with Gasteiger partial charge in [-0.05, 0) is 32.7 Å². The van der Waals surface area contributed by atoms with Gasteiger partial charge in [-0.3, -0.25) is 9.69 Å². The quantitative estimate of drug-likeness (QED) is 0.680. The fraction of sp³-hybridized carbons (Fsp3) is 0.867. The minimum Gasteiger partial charge on any atom is -0.480 e. The zero-order valence-electron chi connectivity index (χ0n) is 13.5. The van der Waals surface area contributed by atoms with Crippen molar-refractivity contribution in [3.05, 3.63) is 0 Å². The third kappa shape index (κ3) is 5.53. The number of hydrogen-bond donors (Lipinski definition) is 2. The second-order valence-electron chi connectivity index (χ2n) is 5.66. The van der Waals surface area contributed by atoms with Gasteiger partial charge in [0, 0.05) is 25.2 Å². The van der Waals surface area contributed by atoms with E-state index in [0.717, 1.165) is 45.3 Å². The van der Waals surface area contributed by atoms with Crippen molar-refractivity contribution in [2.24, 2.45) is 0 Å². The zero-order chi connectivity index (χ0) is 15.8. The van der Waals surface area contributed by atoms with Crippen LogP contribution in [0, 0.1) is 0 Å². The summed E-state index contributed by atoms with van der Waals surface area (Å²) in [6.07, 6.45) is 3.79. The standard InChI is InChI=1S/C15H29N3O3/c1-4-7-8-17(5-2)15(21)16-12-9-13(10-12)18(6-3)11-14(19)20/h12-13H,4-11H2,1-3H3,(H,16,21)(H,19,20). The Morgan fingerprint density at radius 1 is 1.19 bits per heavy atom. The van der Waals surface area contributed by atoms with Crippen LogP contribution in [0.4, 0.5) is 4.79 Å². The highest BCUT2D eigenvalue weighted by molar-refractivity contribution is 5.74. The first kappa shape index (κ1) is 17.8. The summed E-state index contributed by atoms with van der Waals surface area (Å²) in [6.45, 7) is 8.42. The molecule has 0 radical (unpaired) electrons. The Bertz CT molecular complexity index is 343. The van der Waals surface area contributed by atoms with Gasteiger partial charge in [0.1, 0.15) is 0 Å². The average Bonchev–Trinajstić information content (AvgIpc) is 2.40. The Labute approximate surface area is 127 Å². The highest BCUT2D eigenvalue weighted by atomic mass is 16.4. The summed E-state index contributed by atoms with van der Waals surface area (Å²) in [5.74, 6) is -0.791. The van der Waals surface area contributed by atoms with E-state index in [2.05, 4.69) is 12.2 Å². The number of nitrogens with one attached hydrogen (secondary N) is 1. The molecule has 0 atom stereocenters. The number of carboxylic acids is 1. The van der Waals surface area contributed by atoms with Crippen molar-refractivity contribution in [2.45, 2.75) is 58.5 Å². The fourth-order valence-corrected chi connectivity index (χ4v) is 2.69. The van der Waals surface area contributed by atoms with E-state index in [1.807, 2.05) is 23.6 Å². The van der Waals surface area contributed by atoms with Gasteiger partial charge >= 0.3 is 12.0 Å². The number of carboxylic acid groups (broad SMARTS) is 1. The zero-order valence-corrected chi connectivity index (χ0v) is 13.5. The molecule has 0 heterocycles. The maximum atomic E-state index is 12.1. The van der Waals surface area contributed by atoms with Crippen LogP contribution in [0.1, 0.15) is 46.5 Å². The van der Waals surface area contributed by atoms with Crippen molar-refractivity contribution < 1.29 is 14.7 Å². The van der Waals surface area contributed by atoms with Crippen molar-refractivity contribution in [1.82, 2.24) is 15.1 Å². The third-order valence-electron chi connectivity index (χ3n) is 4.15. The summed E-state index contributed by atoms with van der Waals surface area (Å²) < 4.78 is 0. The number of carbonyl (C=O) groups excluding carboxylic acids is 1. The molecule has 122 valence electrons. The van der Waals surface area contributed by atoms with Gasteiger partial charge in [-0.1, -0.05) is 20.3 Å². The van der Waals surface area contributed by atoms with Gasteiger partial charge in [0.15, 0.2) is 0 Å². The molecule has 0 aliphatic heterocycles. The van der Waals surface area contributed by atoms with E-state index in [-0.39, 0.29) is 24.7 Å². The molecule has 0 saturated heterocycles. The van der Waals surface area contributed by atoms with Crippen LogP contribution in [0.15, 0.2) is 0 Å². The second kappa shape index (κ2) is 8.87. The first-order valence-electron chi connectivity index (χ1n) is 8.03. The van der Waals surface area contributed by atoms with E-state index in [9.17, 15) is 9.59 Å². The number of nitrogens with zero attached hydrogens (tertiary/aromatic N) is 2. The summed E-state index contributed by atoms with van der Waals surface area (Å²) in [5.41, 5.74) is 0. The van der Waals surface area contributed by atoms with Crippen LogP contribution in [0.25, 0.3) is 0 Å². The molecule has 6 heteroatoms. The lowest BCUT2D eigenvalue weighted by Gasteiger charge is -2.42. The molecule has 2 amide bonds. The van der Waals surface area contributed by atoms with Gasteiger partial charge in [-0.2, -0.15) is 0 Å². The maximum absolute atomic E-state index is 12.1. The molecular weight excluding hydrogens is 270 g/mol. The first-order valence-corrected chi connectivity index (χ1v) is 8.03. The van der Waals surface area contributed by atoms with Crippen LogP contribution >= 0.6 is 0 Å². The number of rotatable bonds is 9. The van der Waals surface area contributed by atoms with Crippen molar-refractivity contribution in [1.29, 1.82) is 0 Å². The highest BCUT2D eigenvalue weighted by Gasteiger charge is 2.35. The number of carbonyl (C=O) groups is 2. The Kier molecular flexibility index (Phi) is 7.50. The summed E-state index contributed by atoms with van der Waals surface area (Å²) in [4.78, 5) is 26.7. The smallest absolute Gasteiger partial charge is 0.317 e. The molecule has 0 spiro atoms. The van der Waals surface area contributed by atoms with Crippen LogP contribution in [0.5, 0.6) is 0 Å². The van der Waals surface area contributed by atoms with E-state index >= 15 is 0 Å².